The predicted molar refractivity (Wildman–Crippen MR) is 65.4 cm³/mol. The van der Waals surface area contributed by atoms with Crippen molar-refractivity contribution in [2.24, 2.45) is 0 Å². The fourth-order valence-electron chi connectivity index (χ4n) is 0.887. The molecular formula is C8H8ClN5S2. The molecule has 0 aliphatic heterocycles. The van der Waals surface area contributed by atoms with Gasteiger partial charge in [-0.15, -0.1) is 10.2 Å². The van der Waals surface area contributed by atoms with Crippen molar-refractivity contribution in [2.45, 2.75) is 9.37 Å². The second-order valence-electron chi connectivity index (χ2n) is 3.03. The summed E-state index contributed by atoms with van der Waals surface area (Å²) in [4.78, 5) is 9.81. The predicted octanol–water partition coefficient (Wildman–Crippen LogP) is 2.20. The van der Waals surface area contributed by atoms with E-state index in [1.54, 1.807) is 6.07 Å². The number of nitrogens with zero attached hydrogens (tertiary/aromatic N) is 5. The molecule has 0 radical (unpaired) electrons. The highest BCUT2D eigenvalue weighted by molar-refractivity contribution is 8.01. The van der Waals surface area contributed by atoms with Gasteiger partial charge in [0.15, 0.2) is 4.34 Å². The van der Waals surface area contributed by atoms with Gasteiger partial charge in [-0.1, -0.05) is 22.9 Å². The van der Waals surface area contributed by atoms with E-state index in [-0.39, 0.29) is 0 Å². The minimum Gasteiger partial charge on any atom is -0.353 e. The van der Waals surface area contributed by atoms with Gasteiger partial charge in [0.2, 0.25) is 5.13 Å². The van der Waals surface area contributed by atoms with Crippen LogP contribution in [0, 0.1) is 0 Å². The van der Waals surface area contributed by atoms with Gasteiger partial charge in [0, 0.05) is 20.2 Å². The lowest BCUT2D eigenvalue weighted by molar-refractivity contribution is 0.968. The van der Waals surface area contributed by atoms with E-state index >= 15 is 0 Å². The number of hydrogen-bond donors (Lipinski definition) is 0. The standard InChI is InChI=1S/C8H8ClN5S2/c1-14(2)7-12-13-8(16-7)15-6-3-5(9)10-4-11-6/h3-4H,1-2H3. The van der Waals surface area contributed by atoms with Crippen molar-refractivity contribution in [3.05, 3.63) is 17.5 Å². The summed E-state index contributed by atoms with van der Waals surface area (Å²) >= 11 is 8.69. The molecule has 84 valence electrons. The summed E-state index contributed by atoms with van der Waals surface area (Å²) in [5, 5.41) is 10.1. The van der Waals surface area contributed by atoms with Gasteiger partial charge in [0.05, 0.1) is 0 Å². The van der Waals surface area contributed by atoms with Crippen molar-refractivity contribution >= 4 is 39.8 Å². The third-order valence-electron chi connectivity index (χ3n) is 1.58. The lowest BCUT2D eigenvalue weighted by Gasteiger charge is -2.03. The Balaban J connectivity index is 2.14. The van der Waals surface area contributed by atoms with Gasteiger partial charge in [-0.2, -0.15) is 0 Å². The van der Waals surface area contributed by atoms with Crippen LogP contribution in [-0.4, -0.2) is 34.3 Å². The molecule has 0 N–H and O–H groups in total. The molecule has 2 aromatic heterocycles. The summed E-state index contributed by atoms with van der Waals surface area (Å²) in [6.07, 6.45) is 1.43. The molecule has 0 fully saturated rings. The van der Waals surface area contributed by atoms with Crippen molar-refractivity contribution in [2.75, 3.05) is 19.0 Å². The van der Waals surface area contributed by atoms with Crippen LogP contribution in [0.5, 0.6) is 0 Å². The van der Waals surface area contributed by atoms with Gasteiger partial charge in [0.1, 0.15) is 16.5 Å². The van der Waals surface area contributed by atoms with Crippen LogP contribution in [-0.2, 0) is 0 Å². The summed E-state index contributed by atoms with van der Waals surface area (Å²) in [6, 6.07) is 1.70. The van der Waals surface area contributed by atoms with Gasteiger partial charge in [-0.3, -0.25) is 0 Å². The van der Waals surface area contributed by atoms with Crippen LogP contribution in [0.4, 0.5) is 5.13 Å². The Morgan fingerprint density at radius 3 is 2.75 bits per heavy atom. The van der Waals surface area contributed by atoms with E-state index in [9.17, 15) is 0 Å². The highest BCUT2D eigenvalue weighted by Crippen LogP contribution is 2.31. The van der Waals surface area contributed by atoms with Gasteiger partial charge in [-0.05, 0) is 11.8 Å². The normalized spacial score (nSPS) is 10.4. The molecule has 0 aliphatic rings. The van der Waals surface area contributed by atoms with Crippen LogP contribution in [0.1, 0.15) is 0 Å². The Hall–Kier alpha value is -0.920. The van der Waals surface area contributed by atoms with E-state index in [0.29, 0.717) is 5.15 Å². The Morgan fingerprint density at radius 2 is 2.12 bits per heavy atom. The average molecular weight is 274 g/mol. The van der Waals surface area contributed by atoms with E-state index in [4.69, 9.17) is 11.6 Å². The lowest BCUT2D eigenvalue weighted by Crippen LogP contribution is -2.07. The Bertz CT molecular complexity index is 487. The highest BCUT2D eigenvalue weighted by atomic mass is 35.5. The monoisotopic (exact) mass is 273 g/mol. The van der Waals surface area contributed by atoms with Crippen molar-refractivity contribution < 1.29 is 0 Å². The molecular weight excluding hydrogens is 266 g/mol. The van der Waals surface area contributed by atoms with Gasteiger partial charge in [0.25, 0.3) is 0 Å². The van der Waals surface area contributed by atoms with E-state index in [2.05, 4.69) is 20.2 Å². The van der Waals surface area contributed by atoms with Gasteiger partial charge >= 0.3 is 0 Å². The molecule has 0 saturated carbocycles. The fourth-order valence-corrected chi connectivity index (χ4v) is 2.78. The lowest BCUT2D eigenvalue weighted by atomic mass is 10.7. The first-order valence-corrected chi connectivity index (χ1v) is 6.32. The Labute approximate surface area is 106 Å². The quantitative estimate of drug-likeness (QED) is 0.799. The van der Waals surface area contributed by atoms with Crippen LogP contribution < -0.4 is 4.90 Å². The van der Waals surface area contributed by atoms with Gasteiger partial charge < -0.3 is 4.90 Å². The van der Waals surface area contributed by atoms with Crippen molar-refractivity contribution in [1.82, 2.24) is 20.2 Å². The summed E-state index contributed by atoms with van der Waals surface area (Å²) in [5.41, 5.74) is 0. The molecule has 5 nitrogen and oxygen atoms in total. The third-order valence-corrected chi connectivity index (χ3v) is 3.86. The minimum atomic E-state index is 0.426. The van der Waals surface area contributed by atoms with Crippen molar-refractivity contribution in [3.8, 4) is 0 Å². The maximum Gasteiger partial charge on any atom is 0.208 e. The maximum atomic E-state index is 5.76. The van der Waals surface area contributed by atoms with Crippen molar-refractivity contribution in [3.63, 3.8) is 0 Å². The highest BCUT2D eigenvalue weighted by Gasteiger charge is 2.08. The molecule has 0 amide bonds. The summed E-state index contributed by atoms with van der Waals surface area (Å²) in [6.45, 7) is 0. The second-order valence-corrected chi connectivity index (χ2v) is 5.64. The zero-order valence-electron chi connectivity index (χ0n) is 8.59. The van der Waals surface area contributed by atoms with Crippen LogP contribution >= 0.6 is 34.7 Å². The van der Waals surface area contributed by atoms with E-state index in [1.165, 1.54) is 29.4 Å². The molecule has 2 aromatic rings. The van der Waals surface area contributed by atoms with E-state index in [1.807, 2.05) is 19.0 Å². The zero-order valence-corrected chi connectivity index (χ0v) is 11.0. The third kappa shape index (κ3) is 2.81. The minimum absolute atomic E-state index is 0.426. The average Bonchev–Trinajstić information content (AvgIpc) is 2.66. The number of rotatable bonds is 3. The van der Waals surface area contributed by atoms with Crippen LogP contribution in [0.2, 0.25) is 5.15 Å². The summed E-state index contributed by atoms with van der Waals surface area (Å²) in [5.74, 6) is 0. The van der Waals surface area contributed by atoms with E-state index in [0.717, 1.165) is 14.5 Å². The molecule has 0 aliphatic carbocycles. The Morgan fingerprint density at radius 1 is 1.31 bits per heavy atom. The summed E-state index contributed by atoms with van der Waals surface area (Å²) in [7, 11) is 3.85. The van der Waals surface area contributed by atoms with Crippen LogP contribution in [0.3, 0.4) is 0 Å². The molecule has 2 rings (SSSR count). The molecule has 0 unspecified atom stereocenters. The Kier molecular flexibility index (Phi) is 3.57. The summed E-state index contributed by atoms with van der Waals surface area (Å²) < 4.78 is 0.832. The number of aromatic nitrogens is 4. The number of anilines is 1. The van der Waals surface area contributed by atoms with Gasteiger partial charge in [-0.25, -0.2) is 9.97 Å². The molecule has 0 bridgehead atoms. The molecule has 8 heteroatoms. The fraction of sp³-hybridized carbons (Fsp3) is 0.250. The van der Waals surface area contributed by atoms with E-state index < -0.39 is 0 Å². The molecule has 0 aromatic carbocycles. The largest absolute Gasteiger partial charge is 0.353 e. The number of halogens is 1. The van der Waals surface area contributed by atoms with Crippen LogP contribution in [0.15, 0.2) is 21.8 Å². The SMILES string of the molecule is CN(C)c1nnc(Sc2cc(Cl)ncn2)s1. The zero-order chi connectivity index (χ0) is 11.5. The van der Waals surface area contributed by atoms with Crippen LogP contribution in [0.25, 0.3) is 0 Å². The topological polar surface area (TPSA) is 54.8 Å². The molecule has 0 spiro atoms. The molecule has 0 saturated heterocycles. The number of hydrogen-bond acceptors (Lipinski definition) is 7. The molecule has 0 atom stereocenters. The smallest absolute Gasteiger partial charge is 0.208 e. The first-order valence-electron chi connectivity index (χ1n) is 4.31. The maximum absolute atomic E-state index is 5.76. The first kappa shape index (κ1) is 11.6. The second kappa shape index (κ2) is 4.94. The molecule has 2 heterocycles. The molecule has 16 heavy (non-hydrogen) atoms. The first-order chi connectivity index (χ1) is 7.65. The van der Waals surface area contributed by atoms with Crippen molar-refractivity contribution in [1.29, 1.82) is 0 Å².